The predicted molar refractivity (Wildman–Crippen MR) is 71.4 cm³/mol. The van der Waals surface area contributed by atoms with Crippen molar-refractivity contribution < 1.29 is 8.42 Å². The third-order valence-corrected chi connectivity index (χ3v) is 4.36. The number of aromatic nitrogens is 1. The fourth-order valence-corrected chi connectivity index (χ4v) is 2.61. The molecule has 3 N–H and O–H groups in total. The highest BCUT2D eigenvalue weighted by molar-refractivity contribution is 7.89. The van der Waals surface area contributed by atoms with Crippen LogP contribution in [0.25, 0.3) is 0 Å². The molecule has 1 heterocycles. The standard InChI is InChI=1S/C12H21N3O2S/c1-3-10(4-2)9-15-18(16,17)12-6-5-11(7-13)8-14-12/h5-6,8,10,15H,3-4,7,9,13H2,1-2H3. The third kappa shape index (κ3) is 4.04. The molecule has 0 fully saturated rings. The summed E-state index contributed by atoms with van der Waals surface area (Å²) in [5, 5.41) is 0.0469. The smallest absolute Gasteiger partial charge is 0.258 e. The Bertz CT molecular complexity index is 453. The summed E-state index contributed by atoms with van der Waals surface area (Å²) >= 11 is 0. The highest BCUT2D eigenvalue weighted by Gasteiger charge is 2.16. The van der Waals surface area contributed by atoms with Crippen molar-refractivity contribution in [2.75, 3.05) is 6.54 Å². The lowest BCUT2D eigenvalue weighted by molar-refractivity contribution is 0.478. The highest BCUT2D eigenvalue weighted by atomic mass is 32.2. The number of nitrogens with zero attached hydrogens (tertiary/aromatic N) is 1. The Morgan fingerprint density at radius 2 is 2.00 bits per heavy atom. The van der Waals surface area contributed by atoms with Crippen molar-refractivity contribution in [1.29, 1.82) is 0 Å². The lowest BCUT2D eigenvalue weighted by Gasteiger charge is -2.13. The number of sulfonamides is 1. The minimum Gasteiger partial charge on any atom is -0.326 e. The SMILES string of the molecule is CCC(CC)CNS(=O)(=O)c1ccc(CN)cn1. The molecule has 1 rings (SSSR count). The van der Waals surface area contributed by atoms with Gasteiger partial charge < -0.3 is 5.73 Å². The second kappa shape index (κ2) is 6.82. The average molecular weight is 271 g/mol. The molecule has 0 aliphatic heterocycles. The zero-order valence-corrected chi connectivity index (χ0v) is 11.7. The van der Waals surface area contributed by atoms with E-state index in [-0.39, 0.29) is 5.03 Å². The normalized spacial score (nSPS) is 12.0. The first-order valence-electron chi connectivity index (χ1n) is 6.18. The van der Waals surface area contributed by atoms with Crippen molar-refractivity contribution >= 4 is 10.0 Å². The molecule has 0 atom stereocenters. The molecule has 0 aliphatic carbocycles. The Labute approximate surface area is 109 Å². The van der Waals surface area contributed by atoms with Gasteiger partial charge in [0, 0.05) is 19.3 Å². The van der Waals surface area contributed by atoms with Crippen LogP contribution in [0.15, 0.2) is 23.4 Å². The lowest BCUT2D eigenvalue weighted by Crippen LogP contribution is -2.29. The van der Waals surface area contributed by atoms with Crippen LogP contribution in [0.1, 0.15) is 32.3 Å². The van der Waals surface area contributed by atoms with Gasteiger partial charge in [-0.25, -0.2) is 18.1 Å². The molecule has 0 aliphatic rings. The largest absolute Gasteiger partial charge is 0.326 e. The highest BCUT2D eigenvalue weighted by Crippen LogP contribution is 2.09. The molecule has 0 aromatic carbocycles. The van der Waals surface area contributed by atoms with Gasteiger partial charge in [-0.3, -0.25) is 0 Å². The molecule has 0 saturated carbocycles. The Kier molecular flexibility index (Phi) is 5.71. The molecular formula is C12H21N3O2S. The van der Waals surface area contributed by atoms with Crippen molar-refractivity contribution in [2.45, 2.75) is 38.3 Å². The van der Waals surface area contributed by atoms with Crippen LogP contribution in [0.4, 0.5) is 0 Å². The fourth-order valence-electron chi connectivity index (χ4n) is 1.57. The number of hydrogen-bond acceptors (Lipinski definition) is 4. The van der Waals surface area contributed by atoms with E-state index in [1.807, 2.05) is 0 Å². The van der Waals surface area contributed by atoms with E-state index in [4.69, 9.17) is 5.73 Å². The lowest BCUT2D eigenvalue weighted by atomic mass is 10.0. The summed E-state index contributed by atoms with van der Waals surface area (Å²) < 4.78 is 26.5. The van der Waals surface area contributed by atoms with Gasteiger partial charge in [0.2, 0.25) is 0 Å². The van der Waals surface area contributed by atoms with Crippen LogP contribution in [-0.2, 0) is 16.6 Å². The first-order valence-corrected chi connectivity index (χ1v) is 7.66. The van der Waals surface area contributed by atoms with E-state index >= 15 is 0 Å². The van der Waals surface area contributed by atoms with Gasteiger partial charge in [0.25, 0.3) is 10.0 Å². The van der Waals surface area contributed by atoms with Gasteiger partial charge in [-0.05, 0) is 17.5 Å². The maximum absolute atomic E-state index is 12.0. The molecule has 1 aromatic heterocycles. The zero-order chi connectivity index (χ0) is 13.6. The molecule has 0 spiro atoms. The monoisotopic (exact) mass is 271 g/mol. The van der Waals surface area contributed by atoms with Gasteiger partial charge in [0.15, 0.2) is 5.03 Å². The maximum atomic E-state index is 12.0. The van der Waals surface area contributed by atoms with Gasteiger partial charge in [-0.1, -0.05) is 32.8 Å². The number of rotatable bonds is 7. The Hall–Kier alpha value is -0.980. The van der Waals surface area contributed by atoms with E-state index in [2.05, 4.69) is 23.6 Å². The first-order chi connectivity index (χ1) is 8.53. The van der Waals surface area contributed by atoms with Gasteiger partial charge >= 0.3 is 0 Å². The van der Waals surface area contributed by atoms with Gasteiger partial charge in [0.05, 0.1) is 0 Å². The van der Waals surface area contributed by atoms with E-state index in [1.165, 1.54) is 12.3 Å². The third-order valence-electron chi connectivity index (χ3n) is 3.03. The topological polar surface area (TPSA) is 85.1 Å². The van der Waals surface area contributed by atoms with Gasteiger partial charge in [-0.2, -0.15) is 0 Å². The summed E-state index contributed by atoms with van der Waals surface area (Å²) in [4.78, 5) is 3.92. The molecule has 1 aromatic rings. The summed E-state index contributed by atoms with van der Waals surface area (Å²) in [6.45, 7) is 4.91. The Morgan fingerprint density at radius 1 is 1.33 bits per heavy atom. The molecule has 5 nitrogen and oxygen atoms in total. The summed E-state index contributed by atoms with van der Waals surface area (Å²) in [5.74, 6) is 0.364. The minimum atomic E-state index is -3.50. The van der Waals surface area contributed by atoms with E-state index in [9.17, 15) is 8.42 Å². The molecule has 0 saturated heterocycles. The van der Waals surface area contributed by atoms with Crippen molar-refractivity contribution in [3.63, 3.8) is 0 Å². The minimum absolute atomic E-state index is 0.0469. The van der Waals surface area contributed by atoms with Gasteiger partial charge in [-0.15, -0.1) is 0 Å². The molecule has 6 heteroatoms. The zero-order valence-electron chi connectivity index (χ0n) is 10.9. The molecule has 0 radical (unpaired) electrons. The van der Waals surface area contributed by atoms with Crippen molar-refractivity contribution in [3.8, 4) is 0 Å². The molecule has 0 unspecified atom stereocenters. The van der Waals surface area contributed by atoms with Crippen molar-refractivity contribution in [3.05, 3.63) is 23.9 Å². The van der Waals surface area contributed by atoms with Crippen LogP contribution < -0.4 is 10.5 Å². The van der Waals surface area contributed by atoms with Gasteiger partial charge in [0.1, 0.15) is 0 Å². The fraction of sp³-hybridized carbons (Fsp3) is 0.583. The number of pyridine rings is 1. The quantitative estimate of drug-likeness (QED) is 0.781. The van der Waals surface area contributed by atoms with Crippen LogP contribution in [0, 0.1) is 5.92 Å². The second-order valence-corrected chi connectivity index (χ2v) is 5.96. The predicted octanol–water partition coefficient (Wildman–Crippen LogP) is 1.25. The Morgan fingerprint density at radius 3 is 2.44 bits per heavy atom. The Balaban J connectivity index is 2.73. The first kappa shape index (κ1) is 15.1. The van der Waals surface area contributed by atoms with E-state index < -0.39 is 10.0 Å². The van der Waals surface area contributed by atoms with E-state index in [0.717, 1.165) is 18.4 Å². The van der Waals surface area contributed by atoms with Crippen LogP contribution >= 0.6 is 0 Å². The number of hydrogen-bond donors (Lipinski definition) is 2. The summed E-state index contributed by atoms with van der Waals surface area (Å²) in [6.07, 6.45) is 3.41. The molecule has 18 heavy (non-hydrogen) atoms. The molecule has 102 valence electrons. The van der Waals surface area contributed by atoms with Crippen molar-refractivity contribution in [1.82, 2.24) is 9.71 Å². The molecule has 0 bridgehead atoms. The summed E-state index contributed by atoms with van der Waals surface area (Å²) in [6, 6.07) is 3.16. The van der Waals surface area contributed by atoms with Crippen LogP contribution in [0.2, 0.25) is 0 Å². The van der Waals surface area contributed by atoms with Crippen LogP contribution in [0.3, 0.4) is 0 Å². The van der Waals surface area contributed by atoms with Crippen LogP contribution in [-0.4, -0.2) is 19.9 Å². The van der Waals surface area contributed by atoms with Crippen LogP contribution in [0.5, 0.6) is 0 Å². The molecular weight excluding hydrogens is 250 g/mol. The number of nitrogens with two attached hydrogens (primary N) is 1. The number of nitrogens with one attached hydrogen (secondary N) is 1. The summed E-state index contributed by atoms with van der Waals surface area (Å²) in [7, 11) is -3.50. The average Bonchev–Trinajstić information content (AvgIpc) is 2.40. The maximum Gasteiger partial charge on any atom is 0.258 e. The second-order valence-electron chi connectivity index (χ2n) is 4.24. The van der Waals surface area contributed by atoms with E-state index in [0.29, 0.717) is 19.0 Å². The molecule has 0 amide bonds. The summed E-state index contributed by atoms with van der Waals surface area (Å²) in [5.41, 5.74) is 6.25. The van der Waals surface area contributed by atoms with E-state index in [1.54, 1.807) is 6.07 Å². The van der Waals surface area contributed by atoms with Crippen molar-refractivity contribution in [2.24, 2.45) is 11.7 Å².